The molecule has 0 atom stereocenters. The van der Waals surface area contributed by atoms with Crippen LogP contribution >= 0.6 is 0 Å². The monoisotopic (exact) mass is 502 g/mol. The van der Waals surface area contributed by atoms with Crippen LogP contribution in [0.5, 0.6) is 11.5 Å². The molecule has 2 saturated carbocycles. The third-order valence-electron chi connectivity index (χ3n) is 8.29. The van der Waals surface area contributed by atoms with Crippen molar-refractivity contribution in [2.24, 2.45) is 11.8 Å². The molecule has 0 N–H and O–H groups in total. The van der Waals surface area contributed by atoms with Gasteiger partial charge in [0.2, 0.25) is 5.82 Å². The second-order valence-corrected chi connectivity index (χ2v) is 11.0. The van der Waals surface area contributed by atoms with Gasteiger partial charge in [-0.05, 0) is 97.9 Å². The Labute approximate surface area is 214 Å². The summed E-state index contributed by atoms with van der Waals surface area (Å²) in [7, 11) is 0. The molecular weight excluding hydrogens is 461 g/mol. The molecule has 0 unspecified atom stereocenters. The SMILES string of the molecule is CCCCCOc1ccc(C2CCC(COc3ccc(C4CCC(C)CC4)c(F)c3F)CC2)cc1F. The van der Waals surface area contributed by atoms with Crippen LogP contribution in [0.1, 0.15) is 107 Å². The Balaban J connectivity index is 1.26. The Bertz CT molecular complexity index is 976. The number of unbranched alkanes of at least 4 members (excludes halogenated alkanes) is 2. The fourth-order valence-electron chi connectivity index (χ4n) is 5.84. The van der Waals surface area contributed by atoms with Crippen LogP contribution in [0.2, 0.25) is 0 Å². The van der Waals surface area contributed by atoms with E-state index in [4.69, 9.17) is 9.47 Å². The van der Waals surface area contributed by atoms with Crippen molar-refractivity contribution in [1.82, 2.24) is 0 Å². The minimum absolute atomic E-state index is 0.0131. The van der Waals surface area contributed by atoms with Gasteiger partial charge in [-0.25, -0.2) is 8.78 Å². The standard InChI is InChI=1S/C31H41F3O2/c1-3-4-5-18-35-28-16-14-25(19-27(28)32)23-12-8-22(9-13-23)20-36-29-17-15-26(30(33)31(29)34)24-10-6-21(2)7-11-24/h14-17,19,21-24H,3-13,18,20H2,1-2H3. The summed E-state index contributed by atoms with van der Waals surface area (Å²) in [6, 6.07) is 8.67. The summed E-state index contributed by atoms with van der Waals surface area (Å²) in [5.41, 5.74) is 1.51. The molecule has 2 fully saturated rings. The molecule has 0 spiro atoms. The number of ether oxygens (including phenoxy) is 2. The Hall–Kier alpha value is -2.17. The van der Waals surface area contributed by atoms with Crippen molar-refractivity contribution in [2.45, 2.75) is 96.3 Å². The van der Waals surface area contributed by atoms with E-state index >= 15 is 0 Å². The molecular formula is C31H41F3O2. The van der Waals surface area contributed by atoms with Gasteiger partial charge in [0.15, 0.2) is 23.1 Å². The average molecular weight is 503 g/mol. The smallest absolute Gasteiger partial charge is 0.200 e. The first-order valence-corrected chi connectivity index (χ1v) is 14.0. The highest BCUT2D eigenvalue weighted by Gasteiger charge is 2.27. The number of hydrogen-bond acceptors (Lipinski definition) is 2. The zero-order chi connectivity index (χ0) is 25.5. The van der Waals surface area contributed by atoms with Gasteiger partial charge in [0, 0.05) is 0 Å². The van der Waals surface area contributed by atoms with Gasteiger partial charge in [-0.15, -0.1) is 0 Å². The molecule has 0 bridgehead atoms. The first-order valence-electron chi connectivity index (χ1n) is 14.0. The van der Waals surface area contributed by atoms with Crippen LogP contribution in [-0.4, -0.2) is 13.2 Å². The number of halogens is 3. The van der Waals surface area contributed by atoms with Crippen LogP contribution in [0.4, 0.5) is 13.2 Å². The molecule has 2 nitrogen and oxygen atoms in total. The van der Waals surface area contributed by atoms with Crippen molar-refractivity contribution in [2.75, 3.05) is 13.2 Å². The van der Waals surface area contributed by atoms with Gasteiger partial charge in [0.1, 0.15) is 0 Å². The van der Waals surface area contributed by atoms with Gasteiger partial charge >= 0.3 is 0 Å². The summed E-state index contributed by atoms with van der Waals surface area (Å²) in [5, 5.41) is 0. The first kappa shape index (κ1) is 26.9. The number of rotatable bonds is 10. The third kappa shape index (κ3) is 6.77. The molecule has 2 aliphatic carbocycles. The van der Waals surface area contributed by atoms with E-state index in [0.29, 0.717) is 36.4 Å². The van der Waals surface area contributed by atoms with E-state index in [2.05, 4.69) is 13.8 Å². The molecule has 0 saturated heterocycles. The zero-order valence-corrected chi connectivity index (χ0v) is 21.8. The summed E-state index contributed by atoms with van der Waals surface area (Å²) in [6.45, 7) is 5.27. The minimum Gasteiger partial charge on any atom is -0.491 e. The molecule has 4 rings (SSSR count). The molecule has 5 heteroatoms. The Kier molecular flexibility index (Phi) is 9.61. The average Bonchev–Trinajstić information content (AvgIpc) is 2.89. The quantitative estimate of drug-likeness (QED) is 0.301. The molecule has 2 aliphatic rings. The molecule has 36 heavy (non-hydrogen) atoms. The largest absolute Gasteiger partial charge is 0.491 e. The van der Waals surface area contributed by atoms with Gasteiger partial charge in [-0.2, -0.15) is 4.39 Å². The summed E-state index contributed by atoms with van der Waals surface area (Å²) < 4.78 is 55.5. The van der Waals surface area contributed by atoms with Gasteiger partial charge in [-0.3, -0.25) is 0 Å². The topological polar surface area (TPSA) is 18.5 Å². The van der Waals surface area contributed by atoms with Crippen molar-refractivity contribution in [1.29, 1.82) is 0 Å². The van der Waals surface area contributed by atoms with Gasteiger partial charge < -0.3 is 9.47 Å². The van der Waals surface area contributed by atoms with E-state index in [0.717, 1.165) is 76.2 Å². The van der Waals surface area contributed by atoms with E-state index in [9.17, 15) is 13.2 Å². The van der Waals surface area contributed by atoms with Gasteiger partial charge in [-0.1, -0.05) is 51.7 Å². The number of hydrogen-bond donors (Lipinski definition) is 0. The maximum absolute atomic E-state index is 14.8. The zero-order valence-electron chi connectivity index (χ0n) is 21.8. The first-order chi connectivity index (χ1) is 17.5. The summed E-state index contributed by atoms with van der Waals surface area (Å²) in [6.07, 6.45) is 10.8. The van der Waals surface area contributed by atoms with Crippen LogP contribution in [0.3, 0.4) is 0 Å². The van der Waals surface area contributed by atoms with Crippen molar-refractivity contribution in [3.05, 3.63) is 58.9 Å². The van der Waals surface area contributed by atoms with E-state index in [1.165, 1.54) is 0 Å². The lowest BCUT2D eigenvalue weighted by Crippen LogP contribution is -2.20. The lowest BCUT2D eigenvalue weighted by molar-refractivity contribution is 0.192. The minimum atomic E-state index is -0.854. The molecule has 0 aliphatic heterocycles. The summed E-state index contributed by atoms with van der Waals surface area (Å²) in [4.78, 5) is 0. The maximum Gasteiger partial charge on any atom is 0.200 e. The van der Waals surface area contributed by atoms with Crippen molar-refractivity contribution in [3.8, 4) is 11.5 Å². The molecule has 2 aromatic rings. The lowest BCUT2D eigenvalue weighted by atomic mass is 9.79. The van der Waals surface area contributed by atoms with Crippen molar-refractivity contribution >= 4 is 0 Å². The fourth-order valence-corrected chi connectivity index (χ4v) is 5.84. The maximum atomic E-state index is 14.8. The molecule has 0 amide bonds. The lowest BCUT2D eigenvalue weighted by Gasteiger charge is -2.29. The molecule has 2 aromatic carbocycles. The van der Waals surface area contributed by atoms with E-state index in [1.807, 2.05) is 6.07 Å². The molecule has 0 aromatic heterocycles. The third-order valence-corrected chi connectivity index (χ3v) is 8.29. The fraction of sp³-hybridized carbons (Fsp3) is 0.613. The van der Waals surface area contributed by atoms with Crippen molar-refractivity contribution in [3.63, 3.8) is 0 Å². The van der Waals surface area contributed by atoms with Crippen molar-refractivity contribution < 1.29 is 22.6 Å². The predicted molar refractivity (Wildman–Crippen MR) is 138 cm³/mol. The molecule has 0 radical (unpaired) electrons. The van der Waals surface area contributed by atoms with Gasteiger partial charge in [0.05, 0.1) is 13.2 Å². The highest BCUT2D eigenvalue weighted by atomic mass is 19.2. The summed E-state index contributed by atoms with van der Waals surface area (Å²) >= 11 is 0. The molecule has 0 heterocycles. The molecule has 198 valence electrons. The normalized spacial score (nSPS) is 24.5. The van der Waals surface area contributed by atoms with Gasteiger partial charge in [0.25, 0.3) is 0 Å². The Morgan fingerprint density at radius 2 is 1.44 bits per heavy atom. The van der Waals surface area contributed by atoms with Crippen LogP contribution < -0.4 is 9.47 Å². The number of benzene rings is 2. The van der Waals surface area contributed by atoms with E-state index in [1.54, 1.807) is 24.3 Å². The highest BCUT2D eigenvalue weighted by molar-refractivity contribution is 5.34. The second-order valence-electron chi connectivity index (χ2n) is 11.0. The Morgan fingerprint density at radius 3 is 2.14 bits per heavy atom. The van der Waals surface area contributed by atoms with Crippen LogP contribution in [0, 0.1) is 29.3 Å². The van der Waals surface area contributed by atoms with E-state index < -0.39 is 11.6 Å². The van der Waals surface area contributed by atoms with Crippen LogP contribution in [0.15, 0.2) is 30.3 Å². The highest BCUT2D eigenvalue weighted by Crippen LogP contribution is 2.40. The van der Waals surface area contributed by atoms with E-state index in [-0.39, 0.29) is 23.4 Å². The Morgan fingerprint density at radius 1 is 0.750 bits per heavy atom. The van der Waals surface area contributed by atoms with Crippen LogP contribution in [0.25, 0.3) is 0 Å². The van der Waals surface area contributed by atoms with Crippen LogP contribution in [-0.2, 0) is 0 Å². The second kappa shape index (κ2) is 12.9. The predicted octanol–water partition coefficient (Wildman–Crippen LogP) is 9.32. The summed E-state index contributed by atoms with van der Waals surface area (Å²) in [5.74, 6) is -0.188.